The number of rotatable bonds is 11. The standard InChI is InChI=1S/C35H33ClN2O2/c1-3-39-34(40-4-2)33-25-31(24-32(37-33)26-20-22-30(36)23-21-26)38-35(27-14-8-5-9-15-27,28-16-10-6-11-17-28)29-18-12-7-13-19-29/h5-25,34H,3-4H2,1-2H3,(H,37,38). The molecule has 0 aliphatic heterocycles. The van der Waals surface area contributed by atoms with E-state index in [4.69, 9.17) is 26.1 Å². The molecule has 1 N–H and O–H groups in total. The summed E-state index contributed by atoms with van der Waals surface area (Å²) in [6, 6.07) is 43.4. The predicted molar refractivity (Wildman–Crippen MR) is 164 cm³/mol. The topological polar surface area (TPSA) is 43.4 Å². The highest BCUT2D eigenvalue weighted by Crippen LogP contribution is 2.41. The van der Waals surface area contributed by atoms with Crippen molar-refractivity contribution in [2.45, 2.75) is 25.7 Å². The van der Waals surface area contributed by atoms with Crippen LogP contribution >= 0.6 is 11.6 Å². The Morgan fingerprint density at radius 3 is 1.60 bits per heavy atom. The number of nitrogens with zero attached hydrogens (tertiary/aromatic N) is 1. The first-order valence-corrected chi connectivity index (χ1v) is 14.0. The maximum absolute atomic E-state index is 6.21. The molecule has 0 aliphatic carbocycles. The molecule has 4 nitrogen and oxygen atoms in total. The Morgan fingerprint density at radius 1 is 0.675 bits per heavy atom. The second kappa shape index (κ2) is 12.9. The lowest BCUT2D eigenvalue weighted by Crippen LogP contribution is -2.38. The van der Waals surface area contributed by atoms with Crippen molar-refractivity contribution >= 4 is 17.3 Å². The number of hydrogen-bond acceptors (Lipinski definition) is 4. The van der Waals surface area contributed by atoms with Gasteiger partial charge in [-0.05, 0) is 54.8 Å². The molecule has 0 radical (unpaired) electrons. The lowest BCUT2D eigenvalue weighted by atomic mass is 9.76. The molecule has 0 atom stereocenters. The van der Waals surface area contributed by atoms with Gasteiger partial charge in [-0.3, -0.25) is 0 Å². The summed E-state index contributed by atoms with van der Waals surface area (Å²) in [5, 5.41) is 4.64. The molecule has 1 aromatic heterocycles. The first-order chi connectivity index (χ1) is 19.6. The van der Waals surface area contributed by atoms with Gasteiger partial charge in [0.05, 0.1) is 11.4 Å². The molecule has 40 heavy (non-hydrogen) atoms. The molecule has 5 rings (SSSR count). The molecule has 0 unspecified atom stereocenters. The van der Waals surface area contributed by atoms with Crippen molar-refractivity contribution in [3.05, 3.63) is 155 Å². The van der Waals surface area contributed by atoms with E-state index in [1.54, 1.807) is 0 Å². The van der Waals surface area contributed by atoms with Crippen LogP contribution in [-0.4, -0.2) is 18.2 Å². The van der Waals surface area contributed by atoms with E-state index in [1.165, 1.54) is 0 Å². The van der Waals surface area contributed by atoms with Gasteiger partial charge in [-0.15, -0.1) is 0 Å². The summed E-state index contributed by atoms with van der Waals surface area (Å²) >= 11 is 6.21. The van der Waals surface area contributed by atoms with Crippen molar-refractivity contribution in [3.8, 4) is 11.3 Å². The number of ether oxygens (including phenoxy) is 2. The van der Waals surface area contributed by atoms with Gasteiger partial charge in [-0.1, -0.05) is 115 Å². The monoisotopic (exact) mass is 548 g/mol. The van der Waals surface area contributed by atoms with Gasteiger partial charge in [0, 0.05) is 29.5 Å². The highest BCUT2D eigenvalue weighted by atomic mass is 35.5. The summed E-state index contributed by atoms with van der Waals surface area (Å²) in [5.41, 5.74) is 5.99. The van der Waals surface area contributed by atoms with Crippen molar-refractivity contribution in [2.75, 3.05) is 18.5 Å². The zero-order chi connectivity index (χ0) is 27.8. The molecule has 202 valence electrons. The Bertz CT molecular complexity index is 1390. The van der Waals surface area contributed by atoms with E-state index in [0.717, 1.165) is 33.6 Å². The van der Waals surface area contributed by atoms with E-state index in [1.807, 2.05) is 62.4 Å². The lowest BCUT2D eigenvalue weighted by Gasteiger charge is -2.38. The zero-order valence-electron chi connectivity index (χ0n) is 22.8. The molecule has 4 aromatic carbocycles. The number of aromatic nitrogens is 1. The third-order valence-electron chi connectivity index (χ3n) is 6.81. The van der Waals surface area contributed by atoms with Crippen LogP contribution in [0.2, 0.25) is 5.02 Å². The van der Waals surface area contributed by atoms with Crippen LogP contribution in [0.5, 0.6) is 0 Å². The summed E-state index contributed by atoms with van der Waals surface area (Å²) in [6.07, 6.45) is -0.595. The number of anilines is 1. The molecule has 0 saturated heterocycles. The minimum Gasteiger partial charge on any atom is -0.368 e. The molecule has 0 bridgehead atoms. The third kappa shape index (κ3) is 5.95. The average Bonchev–Trinajstić information content (AvgIpc) is 3.01. The minimum absolute atomic E-state index is 0.502. The van der Waals surface area contributed by atoms with Gasteiger partial charge >= 0.3 is 0 Å². The first-order valence-electron chi connectivity index (χ1n) is 13.6. The van der Waals surface area contributed by atoms with Crippen LogP contribution in [0.3, 0.4) is 0 Å². The Labute approximate surface area is 241 Å². The quantitative estimate of drug-likeness (QED) is 0.132. The molecule has 5 heteroatoms. The van der Waals surface area contributed by atoms with Crippen LogP contribution in [-0.2, 0) is 15.0 Å². The fourth-order valence-corrected chi connectivity index (χ4v) is 5.16. The van der Waals surface area contributed by atoms with E-state index in [0.29, 0.717) is 23.9 Å². The second-order valence-electron chi connectivity index (χ2n) is 9.39. The molecule has 0 spiro atoms. The van der Waals surface area contributed by atoms with Crippen LogP contribution < -0.4 is 5.32 Å². The van der Waals surface area contributed by atoms with Gasteiger partial charge in [-0.25, -0.2) is 4.98 Å². The van der Waals surface area contributed by atoms with E-state index in [-0.39, 0.29) is 0 Å². The molecule has 0 fully saturated rings. The average molecular weight is 549 g/mol. The van der Waals surface area contributed by atoms with Crippen LogP contribution in [0, 0.1) is 0 Å². The summed E-state index contributed by atoms with van der Waals surface area (Å²) in [4.78, 5) is 4.99. The molecule has 5 aromatic rings. The fourth-order valence-electron chi connectivity index (χ4n) is 5.03. The maximum atomic E-state index is 6.21. The Morgan fingerprint density at radius 2 is 1.15 bits per heavy atom. The number of hydrogen-bond donors (Lipinski definition) is 1. The Hall–Kier alpha value is -3.96. The number of nitrogens with one attached hydrogen (secondary N) is 1. The molecular weight excluding hydrogens is 516 g/mol. The van der Waals surface area contributed by atoms with Gasteiger partial charge < -0.3 is 14.8 Å². The predicted octanol–water partition coefficient (Wildman–Crippen LogP) is 8.88. The first kappa shape index (κ1) is 27.6. The lowest BCUT2D eigenvalue weighted by molar-refractivity contribution is -0.142. The summed E-state index contributed by atoms with van der Waals surface area (Å²) < 4.78 is 12.0. The van der Waals surface area contributed by atoms with Crippen LogP contribution in [0.4, 0.5) is 5.69 Å². The van der Waals surface area contributed by atoms with Gasteiger partial charge in [0.2, 0.25) is 6.29 Å². The van der Waals surface area contributed by atoms with Crippen LogP contribution in [0.25, 0.3) is 11.3 Å². The number of benzene rings is 4. The van der Waals surface area contributed by atoms with Gasteiger partial charge in [0.15, 0.2) is 0 Å². The molecular formula is C35H33ClN2O2. The molecule has 0 amide bonds. The molecule has 0 aliphatic rings. The van der Waals surface area contributed by atoms with Crippen LogP contribution in [0.1, 0.15) is 42.5 Å². The molecule has 1 heterocycles. The largest absolute Gasteiger partial charge is 0.368 e. The zero-order valence-corrected chi connectivity index (χ0v) is 23.5. The summed E-state index contributed by atoms with van der Waals surface area (Å²) in [7, 11) is 0. The molecule has 0 saturated carbocycles. The summed E-state index contributed by atoms with van der Waals surface area (Å²) in [6.45, 7) is 4.92. The highest BCUT2D eigenvalue weighted by Gasteiger charge is 2.36. The normalized spacial score (nSPS) is 11.5. The number of halogens is 1. The van der Waals surface area contributed by atoms with E-state index < -0.39 is 11.8 Å². The van der Waals surface area contributed by atoms with Gasteiger partial charge in [0.1, 0.15) is 5.54 Å². The van der Waals surface area contributed by atoms with Crippen molar-refractivity contribution in [2.24, 2.45) is 0 Å². The Balaban J connectivity index is 1.74. The van der Waals surface area contributed by atoms with E-state index in [9.17, 15) is 0 Å². The van der Waals surface area contributed by atoms with Crippen molar-refractivity contribution in [1.29, 1.82) is 0 Å². The van der Waals surface area contributed by atoms with E-state index >= 15 is 0 Å². The SMILES string of the molecule is CCOC(OCC)c1cc(NC(c2ccccc2)(c2ccccc2)c2ccccc2)cc(-c2ccc(Cl)cc2)n1. The van der Waals surface area contributed by atoms with Crippen molar-refractivity contribution in [3.63, 3.8) is 0 Å². The number of pyridine rings is 1. The minimum atomic E-state index is -0.688. The highest BCUT2D eigenvalue weighted by molar-refractivity contribution is 6.30. The summed E-state index contributed by atoms with van der Waals surface area (Å²) in [5.74, 6) is 0. The van der Waals surface area contributed by atoms with Crippen LogP contribution in [0.15, 0.2) is 127 Å². The second-order valence-corrected chi connectivity index (χ2v) is 9.82. The Kier molecular flexibility index (Phi) is 8.92. The fraction of sp³-hybridized carbons (Fsp3) is 0.171. The smallest absolute Gasteiger partial charge is 0.201 e. The van der Waals surface area contributed by atoms with E-state index in [2.05, 4.69) is 84.2 Å². The third-order valence-corrected chi connectivity index (χ3v) is 7.07. The van der Waals surface area contributed by atoms with Gasteiger partial charge in [0.25, 0.3) is 0 Å². The van der Waals surface area contributed by atoms with Crippen molar-refractivity contribution in [1.82, 2.24) is 4.98 Å². The van der Waals surface area contributed by atoms with Gasteiger partial charge in [-0.2, -0.15) is 0 Å². The van der Waals surface area contributed by atoms with Crippen molar-refractivity contribution < 1.29 is 9.47 Å². The maximum Gasteiger partial charge on any atom is 0.201 e.